The van der Waals surface area contributed by atoms with Crippen LogP contribution in [-0.4, -0.2) is 26.4 Å². The quantitative estimate of drug-likeness (QED) is 0.564. The molecule has 5 nitrogen and oxygen atoms in total. The second kappa shape index (κ2) is 8.03. The maximum Gasteiger partial charge on any atom is 0.234 e. The molecule has 1 amide bonds. The van der Waals surface area contributed by atoms with Crippen LogP contribution in [-0.2, 0) is 18.3 Å². The highest BCUT2D eigenvalue weighted by Gasteiger charge is 2.51. The van der Waals surface area contributed by atoms with Gasteiger partial charge in [-0.05, 0) is 73.8 Å². The van der Waals surface area contributed by atoms with Crippen molar-refractivity contribution >= 4 is 46.6 Å². The molecule has 2 aromatic rings. The second-order valence-electron chi connectivity index (χ2n) is 9.49. The molecule has 4 fully saturated rings. The van der Waals surface area contributed by atoms with Crippen LogP contribution in [0.1, 0.15) is 44.3 Å². The van der Waals surface area contributed by atoms with Crippen LogP contribution >= 0.6 is 35.0 Å². The van der Waals surface area contributed by atoms with Gasteiger partial charge in [-0.25, -0.2) is 0 Å². The summed E-state index contributed by atoms with van der Waals surface area (Å²) in [7, 11) is 2.01. The summed E-state index contributed by atoms with van der Waals surface area (Å²) >= 11 is 13.7. The Labute approximate surface area is 191 Å². The van der Waals surface area contributed by atoms with E-state index in [0.29, 0.717) is 21.1 Å². The summed E-state index contributed by atoms with van der Waals surface area (Å²) in [4.78, 5) is 12.4. The van der Waals surface area contributed by atoms with E-state index in [1.165, 1.54) is 50.3 Å². The van der Waals surface area contributed by atoms with Crippen LogP contribution in [0.15, 0.2) is 23.4 Å². The van der Waals surface area contributed by atoms with E-state index in [1.807, 2.05) is 7.05 Å². The third-order valence-electron chi connectivity index (χ3n) is 7.18. The summed E-state index contributed by atoms with van der Waals surface area (Å²) < 4.78 is 2.07. The van der Waals surface area contributed by atoms with Gasteiger partial charge in [-0.2, -0.15) is 0 Å². The highest BCUT2D eigenvalue weighted by Crippen LogP contribution is 2.60. The molecular weight excluding hydrogens is 439 g/mol. The predicted octanol–water partition coefficient (Wildman–Crippen LogP) is 5.61. The summed E-state index contributed by atoms with van der Waals surface area (Å²) in [5, 5.41) is 13.3. The van der Waals surface area contributed by atoms with Gasteiger partial charge in [0.1, 0.15) is 5.82 Å². The van der Waals surface area contributed by atoms with Crippen LogP contribution in [0.2, 0.25) is 10.0 Å². The minimum atomic E-state index is -0.166. The van der Waals surface area contributed by atoms with E-state index in [-0.39, 0.29) is 11.7 Å². The Balaban J connectivity index is 1.22. The van der Waals surface area contributed by atoms with Gasteiger partial charge in [0.2, 0.25) is 5.91 Å². The first-order valence-corrected chi connectivity index (χ1v) is 12.4. The molecule has 4 bridgehead atoms. The Hall–Kier alpha value is -1.24. The van der Waals surface area contributed by atoms with Crippen LogP contribution in [0, 0.1) is 23.2 Å². The molecular formula is C22H26Cl2N4OS. The monoisotopic (exact) mass is 464 g/mol. The number of carbonyl (C=O) groups is 1. The number of rotatable bonds is 6. The van der Waals surface area contributed by atoms with Crippen LogP contribution in [0.25, 0.3) is 0 Å². The first-order chi connectivity index (χ1) is 14.4. The minimum Gasteiger partial charge on any atom is -0.323 e. The Bertz CT molecular complexity index is 921. The van der Waals surface area contributed by atoms with Crippen molar-refractivity contribution in [1.29, 1.82) is 0 Å². The molecule has 6 rings (SSSR count). The Kier molecular flexibility index (Phi) is 5.53. The molecule has 160 valence electrons. The highest BCUT2D eigenvalue weighted by atomic mass is 35.5. The zero-order valence-corrected chi connectivity index (χ0v) is 19.4. The number of halogens is 2. The van der Waals surface area contributed by atoms with E-state index < -0.39 is 0 Å². The van der Waals surface area contributed by atoms with Crippen LogP contribution in [0.5, 0.6) is 0 Å². The third-order valence-corrected chi connectivity index (χ3v) is 8.83. The number of carbonyl (C=O) groups excluding carboxylic acids is 1. The molecule has 30 heavy (non-hydrogen) atoms. The van der Waals surface area contributed by atoms with Gasteiger partial charge in [0.15, 0.2) is 5.16 Å². The molecule has 4 saturated carbocycles. The van der Waals surface area contributed by atoms with Gasteiger partial charge in [-0.1, -0.05) is 41.0 Å². The van der Waals surface area contributed by atoms with Crippen molar-refractivity contribution in [3.05, 3.63) is 34.1 Å². The fraction of sp³-hybridized carbons (Fsp3) is 0.591. The lowest BCUT2D eigenvalue weighted by molar-refractivity contribution is -0.113. The molecule has 0 saturated heterocycles. The molecule has 4 aliphatic carbocycles. The first-order valence-electron chi connectivity index (χ1n) is 10.7. The van der Waals surface area contributed by atoms with E-state index in [9.17, 15) is 4.79 Å². The van der Waals surface area contributed by atoms with Crippen molar-refractivity contribution in [3.8, 4) is 0 Å². The lowest BCUT2D eigenvalue weighted by Gasteiger charge is -2.56. The predicted molar refractivity (Wildman–Crippen MR) is 121 cm³/mol. The molecule has 1 N–H and O–H groups in total. The average molecular weight is 465 g/mol. The first kappa shape index (κ1) is 20.7. The maximum atomic E-state index is 12.4. The molecule has 0 spiro atoms. The molecule has 0 radical (unpaired) electrons. The van der Waals surface area contributed by atoms with Gasteiger partial charge in [0.25, 0.3) is 0 Å². The summed E-state index contributed by atoms with van der Waals surface area (Å²) in [5.74, 6) is 3.90. The maximum absolute atomic E-state index is 12.4. The normalized spacial score (nSPS) is 29.4. The number of nitrogens with one attached hydrogen (secondary N) is 1. The van der Waals surface area contributed by atoms with Crippen molar-refractivity contribution in [2.45, 2.75) is 50.1 Å². The van der Waals surface area contributed by atoms with Gasteiger partial charge in [-0.15, -0.1) is 10.2 Å². The van der Waals surface area contributed by atoms with E-state index >= 15 is 0 Å². The fourth-order valence-electron chi connectivity index (χ4n) is 6.39. The number of benzene rings is 1. The van der Waals surface area contributed by atoms with Crippen molar-refractivity contribution in [2.75, 3.05) is 11.1 Å². The Morgan fingerprint density at radius 1 is 1.13 bits per heavy atom. The summed E-state index contributed by atoms with van der Waals surface area (Å²) in [6.07, 6.45) is 9.43. The van der Waals surface area contributed by atoms with Gasteiger partial charge >= 0.3 is 0 Å². The summed E-state index contributed by atoms with van der Waals surface area (Å²) in [5.41, 5.74) is 0.877. The Morgan fingerprint density at radius 2 is 1.73 bits per heavy atom. The van der Waals surface area contributed by atoms with E-state index in [2.05, 4.69) is 20.1 Å². The number of nitrogens with zero attached hydrogens (tertiary/aromatic N) is 3. The minimum absolute atomic E-state index is 0.166. The highest BCUT2D eigenvalue weighted by molar-refractivity contribution is 7.99. The van der Waals surface area contributed by atoms with Gasteiger partial charge < -0.3 is 9.88 Å². The number of anilines is 1. The van der Waals surface area contributed by atoms with Crippen molar-refractivity contribution in [2.24, 2.45) is 30.2 Å². The second-order valence-corrected chi connectivity index (χ2v) is 11.2. The lowest BCUT2D eigenvalue weighted by Crippen LogP contribution is -2.47. The van der Waals surface area contributed by atoms with Crippen molar-refractivity contribution < 1.29 is 4.79 Å². The number of para-hydroxylation sites is 1. The van der Waals surface area contributed by atoms with Crippen molar-refractivity contribution in [3.63, 3.8) is 0 Å². The standard InChI is InChI=1S/C22H26Cl2N4OS/c1-28-18(11-22-8-13-5-14(9-22)7-15(6-13)10-22)26-27-21(28)30-12-19(29)25-20-16(23)3-2-4-17(20)24/h2-4,13-15H,5-12H2,1H3,(H,25,29). The van der Waals surface area contributed by atoms with Crippen LogP contribution in [0.3, 0.4) is 0 Å². The molecule has 0 atom stereocenters. The number of aromatic nitrogens is 3. The van der Waals surface area contributed by atoms with Crippen LogP contribution < -0.4 is 5.32 Å². The average Bonchev–Trinajstić information content (AvgIpc) is 3.01. The molecule has 4 aliphatic rings. The number of hydrogen-bond acceptors (Lipinski definition) is 4. The molecule has 0 unspecified atom stereocenters. The van der Waals surface area contributed by atoms with E-state index in [0.717, 1.165) is 35.2 Å². The lowest BCUT2D eigenvalue weighted by atomic mass is 9.49. The largest absolute Gasteiger partial charge is 0.323 e. The zero-order chi connectivity index (χ0) is 20.9. The number of amides is 1. The van der Waals surface area contributed by atoms with Gasteiger partial charge in [0, 0.05) is 13.5 Å². The van der Waals surface area contributed by atoms with E-state index in [1.54, 1.807) is 18.2 Å². The topological polar surface area (TPSA) is 59.8 Å². The van der Waals surface area contributed by atoms with Crippen LogP contribution in [0.4, 0.5) is 5.69 Å². The summed E-state index contributed by atoms with van der Waals surface area (Å²) in [6, 6.07) is 5.16. The molecule has 8 heteroatoms. The van der Waals surface area contributed by atoms with Crippen molar-refractivity contribution in [1.82, 2.24) is 14.8 Å². The molecule has 1 heterocycles. The smallest absolute Gasteiger partial charge is 0.234 e. The third kappa shape index (κ3) is 3.98. The number of hydrogen-bond donors (Lipinski definition) is 1. The van der Waals surface area contributed by atoms with E-state index in [4.69, 9.17) is 23.2 Å². The fourth-order valence-corrected chi connectivity index (χ4v) is 7.61. The summed E-state index contributed by atoms with van der Waals surface area (Å²) in [6.45, 7) is 0. The molecule has 1 aromatic heterocycles. The Morgan fingerprint density at radius 3 is 2.33 bits per heavy atom. The van der Waals surface area contributed by atoms with Gasteiger partial charge in [0.05, 0.1) is 21.5 Å². The SMILES string of the molecule is Cn1c(CC23CC4CC(CC(C4)C2)C3)nnc1SCC(=O)Nc1c(Cl)cccc1Cl. The zero-order valence-electron chi connectivity index (χ0n) is 17.0. The number of thioether (sulfide) groups is 1. The van der Waals surface area contributed by atoms with Gasteiger partial charge in [-0.3, -0.25) is 4.79 Å². The molecule has 0 aliphatic heterocycles. The molecule has 1 aromatic carbocycles.